The van der Waals surface area contributed by atoms with E-state index in [0.717, 1.165) is 0 Å². The fourth-order valence-corrected chi connectivity index (χ4v) is 0.900. The molecule has 0 heterocycles. The smallest absolute Gasteiger partial charge is 0.336 e. The Morgan fingerprint density at radius 3 is 2.21 bits per heavy atom. The van der Waals surface area contributed by atoms with Crippen molar-refractivity contribution in [2.75, 3.05) is 0 Å². The van der Waals surface area contributed by atoms with Crippen LogP contribution < -0.4 is 0 Å². The minimum Gasteiger partial charge on any atom is -0.508 e. The van der Waals surface area contributed by atoms with Crippen molar-refractivity contribution >= 4 is 0 Å². The number of benzene rings is 1. The molecule has 1 aromatic rings. The zero-order valence-corrected chi connectivity index (χ0v) is 7.01. The fourth-order valence-electron chi connectivity index (χ4n) is 0.900. The molecule has 0 aliphatic rings. The first-order chi connectivity index (χ1) is 6.62. The lowest BCUT2D eigenvalue weighted by Gasteiger charge is -2.16. The van der Waals surface area contributed by atoms with Crippen LogP contribution in [0.5, 0.6) is 5.75 Å². The third kappa shape index (κ3) is 1.74. The van der Waals surface area contributed by atoms with Crippen LogP contribution in [0.15, 0.2) is 24.3 Å². The third-order valence-corrected chi connectivity index (χ3v) is 1.60. The number of aromatic hydroxyl groups is 1. The molecule has 1 aromatic carbocycles. The van der Waals surface area contributed by atoms with Crippen LogP contribution >= 0.6 is 0 Å². The van der Waals surface area contributed by atoms with Crippen molar-refractivity contribution < 1.29 is 14.9 Å². The van der Waals surface area contributed by atoms with Crippen LogP contribution in [-0.4, -0.2) is 10.2 Å². The molecule has 0 saturated carbocycles. The van der Waals surface area contributed by atoms with Gasteiger partial charge in [0.15, 0.2) is 0 Å². The van der Waals surface area contributed by atoms with Gasteiger partial charge in [-0.1, -0.05) is 0 Å². The van der Waals surface area contributed by atoms with Crippen molar-refractivity contribution in [1.29, 1.82) is 10.5 Å². The highest BCUT2D eigenvalue weighted by molar-refractivity contribution is 5.31. The second-order valence-corrected chi connectivity index (χ2v) is 2.50. The summed E-state index contributed by atoms with van der Waals surface area (Å²) >= 11 is 0. The highest BCUT2D eigenvalue weighted by Gasteiger charge is 2.31. The summed E-state index contributed by atoms with van der Waals surface area (Å²) in [4.78, 5) is 0. The second-order valence-electron chi connectivity index (χ2n) is 2.50. The van der Waals surface area contributed by atoms with Crippen molar-refractivity contribution in [2.24, 2.45) is 0 Å². The normalized spacial score (nSPS) is 13.4. The standard InChI is InChI=1S/C9H6N2O3/c10-5-9(13,14-6-11)7-1-3-8(12)4-2-7/h1-4,12-13H. The van der Waals surface area contributed by atoms with Crippen molar-refractivity contribution in [3.05, 3.63) is 29.8 Å². The molecule has 0 spiro atoms. The Morgan fingerprint density at radius 2 is 1.79 bits per heavy atom. The van der Waals surface area contributed by atoms with Crippen LogP contribution in [0, 0.1) is 22.8 Å². The van der Waals surface area contributed by atoms with Gasteiger partial charge in [-0.3, -0.25) is 0 Å². The van der Waals surface area contributed by atoms with E-state index < -0.39 is 5.79 Å². The summed E-state index contributed by atoms with van der Waals surface area (Å²) < 4.78 is 4.22. The minimum atomic E-state index is -2.29. The Balaban J connectivity index is 3.09. The molecule has 0 bridgehead atoms. The van der Waals surface area contributed by atoms with E-state index in [4.69, 9.17) is 15.6 Å². The number of phenols is 1. The summed E-state index contributed by atoms with van der Waals surface area (Å²) in [6.07, 6.45) is 1.24. The predicted molar refractivity (Wildman–Crippen MR) is 44.3 cm³/mol. The maximum atomic E-state index is 9.49. The van der Waals surface area contributed by atoms with E-state index in [1.807, 2.05) is 0 Å². The van der Waals surface area contributed by atoms with Crippen LogP contribution in [0.3, 0.4) is 0 Å². The molecular formula is C9H6N2O3. The molecule has 0 saturated heterocycles. The number of hydrogen-bond donors (Lipinski definition) is 2. The van der Waals surface area contributed by atoms with E-state index in [1.165, 1.54) is 36.6 Å². The molecule has 5 nitrogen and oxygen atoms in total. The number of ether oxygens (including phenoxy) is 1. The second kappa shape index (κ2) is 3.65. The Hall–Kier alpha value is -2.24. The molecule has 0 aliphatic heterocycles. The van der Waals surface area contributed by atoms with Crippen molar-refractivity contribution in [2.45, 2.75) is 5.79 Å². The van der Waals surface area contributed by atoms with Gasteiger partial charge in [-0.25, -0.2) is 0 Å². The molecule has 70 valence electrons. The Morgan fingerprint density at radius 1 is 1.21 bits per heavy atom. The lowest BCUT2D eigenvalue weighted by Crippen LogP contribution is -2.25. The number of nitriles is 2. The first-order valence-corrected chi connectivity index (χ1v) is 3.62. The van der Waals surface area contributed by atoms with Gasteiger partial charge in [0.05, 0.1) is 0 Å². The SMILES string of the molecule is N#COC(O)(C#N)c1ccc(O)cc1. The van der Waals surface area contributed by atoms with E-state index in [2.05, 4.69) is 4.74 Å². The van der Waals surface area contributed by atoms with Crippen molar-refractivity contribution in [3.8, 4) is 18.1 Å². The van der Waals surface area contributed by atoms with Gasteiger partial charge >= 0.3 is 5.79 Å². The molecule has 0 fully saturated rings. The first kappa shape index (κ1) is 9.85. The van der Waals surface area contributed by atoms with Gasteiger partial charge in [0.2, 0.25) is 0 Å². The van der Waals surface area contributed by atoms with Crippen LogP contribution in [0.4, 0.5) is 0 Å². The largest absolute Gasteiger partial charge is 0.508 e. The van der Waals surface area contributed by atoms with E-state index >= 15 is 0 Å². The van der Waals surface area contributed by atoms with Crippen LogP contribution in [0.25, 0.3) is 0 Å². The maximum Gasteiger partial charge on any atom is 0.336 e. The van der Waals surface area contributed by atoms with Gasteiger partial charge in [-0.05, 0) is 24.3 Å². The van der Waals surface area contributed by atoms with E-state index in [1.54, 1.807) is 0 Å². The zero-order valence-electron chi connectivity index (χ0n) is 7.01. The Bertz CT molecular complexity index is 402. The summed E-state index contributed by atoms with van der Waals surface area (Å²) in [6.45, 7) is 0. The number of hydrogen-bond acceptors (Lipinski definition) is 5. The molecule has 0 aromatic heterocycles. The van der Waals surface area contributed by atoms with Gasteiger partial charge in [0, 0.05) is 5.56 Å². The molecule has 0 radical (unpaired) electrons. The quantitative estimate of drug-likeness (QED) is 0.403. The lowest BCUT2D eigenvalue weighted by atomic mass is 10.1. The number of phenolic OH excluding ortho intramolecular Hbond substituents is 1. The summed E-state index contributed by atoms with van der Waals surface area (Å²) in [6, 6.07) is 6.57. The number of rotatable bonds is 2. The molecule has 1 unspecified atom stereocenters. The van der Waals surface area contributed by atoms with Crippen LogP contribution in [-0.2, 0) is 10.5 Å². The molecule has 2 N–H and O–H groups in total. The van der Waals surface area contributed by atoms with E-state index in [-0.39, 0.29) is 11.3 Å². The summed E-state index contributed by atoms with van der Waals surface area (Å²) in [5, 5.41) is 35.3. The Kier molecular flexibility index (Phi) is 2.57. The molecule has 5 heteroatoms. The lowest BCUT2D eigenvalue weighted by molar-refractivity contribution is -0.117. The monoisotopic (exact) mass is 190 g/mol. The third-order valence-electron chi connectivity index (χ3n) is 1.60. The molecule has 0 amide bonds. The van der Waals surface area contributed by atoms with Crippen molar-refractivity contribution in [3.63, 3.8) is 0 Å². The molecule has 0 aliphatic carbocycles. The first-order valence-electron chi connectivity index (χ1n) is 3.62. The molecule has 14 heavy (non-hydrogen) atoms. The van der Waals surface area contributed by atoms with Gasteiger partial charge in [-0.15, -0.1) is 0 Å². The van der Waals surface area contributed by atoms with Gasteiger partial charge in [0.1, 0.15) is 11.8 Å². The highest BCUT2D eigenvalue weighted by Crippen LogP contribution is 2.23. The maximum absolute atomic E-state index is 9.49. The summed E-state index contributed by atoms with van der Waals surface area (Å²) in [7, 11) is 0. The molecular weight excluding hydrogens is 184 g/mol. The van der Waals surface area contributed by atoms with Crippen LogP contribution in [0.2, 0.25) is 0 Å². The average Bonchev–Trinajstić information content (AvgIpc) is 2.19. The number of nitrogens with zero attached hydrogens (tertiary/aromatic N) is 2. The zero-order chi connectivity index (χ0) is 10.6. The minimum absolute atomic E-state index is 0.00834. The summed E-state index contributed by atoms with van der Waals surface area (Å²) in [5.41, 5.74) is 0.0827. The van der Waals surface area contributed by atoms with Crippen molar-refractivity contribution in [1.82, 2.24) is 0 Å². The highest BCUT2D eigenvalue weighted by atomic mass is 16.6. The topological polar surface area (TPSA) is 97.3 Å². The van der Waals surface area contributed by atoms with Crippen LogP contribution in [0.1, 0.15) is 5.56 Å². The Labute approximate surface area is 80.0 Å². The molecule has 1 rings (SSSR count). The summed E-state index contributed by atoms with van der Waals surface area (Å²) in [5.74, 6) is -2.30. The van der Waals surface area contributed by atoms with Gasteiger partial charge in [-0.2, -0.15) is 10.5 Å². The number of aliphatic hydroxyl groups is 1. The van der Waals surface area contributed by atoms with Gasteiger partial charge in [0.25, 0.3) is 6.26 Å². The predicted octanol–water partition coefficient (Wildman–Crippen LogP) is 0.559. The van der Waals surface area contributed by atoms with E-state index in [9.17, 15) is 5.11 Å². The van der Waals surface area contributed by atoms with Gasteiger partial charge < -0.3 is 14.9 Å². The average molecular weight is 190 g/mol. The fraction of sp³-hybridized carbons (Fsp3) is 0.111. The molecule has 1 atom stereocenters. The van der Waals surface area contributed by atoms with E-state index in [0.29, 0.717) is 0 Å².